The Balaban J connectivity index is 4.90. The van der Waals surface area contributed by atoms with Crippen LogP contribution in [0, 0.1) is 0 Å². The van der Waals surface area contributed by atoms with E-state index >= 15 is 0 Å². The lowest BCUT2D eigenvalue weighted by Crippen LogP contribution is -2.54. The van der Waals surface area contributed by atoms with E-state index in [2.05, 4.69) is 5.32 Å². The second kappa shape index (κ2) is 7.58. The van der Waals surface area contributed by atoms with Crippen molar-refractivity contribution >= 4 is 21.9 Å². The van der Waals surface area contributed by atoms with E-state index in [4.69, 9.17) is 5.11 Å². The van der Waals surface area contributed by atoms with Gasteiger partial charge in [0.25, 0.3) is 0 Å². The SMILES string of the molecule is CCCC(C)(NC(=O)CS(=O)(=O)N(CC)CC)C(=O)O. The molecular formula is C12H24N2O5S. The number of carbonyl (C=O) groups excluding carboxylic acids is 1. The average Bonchev–Trinajstić information content (AvgIpc) is 2.28. The van der Waals surface area contributed by atoms with Crippen molar-refractivity contribution in [1.29, 1.82) is 0 Å². The highest BCUT2D eigenvalue weighted by Crippen LogP contribution is 2.13. The monoisotopic (exact) mass is 308 g/mol. The number of carbonyl (C=O) groups is 2. The first-order valence-electron chi connectivity index (χ1n) is 6.65. The first-order chi connectivity index (χ1) is 9.12. The molecule has 2 N–H and O–H groups in total. The maximum absolute atomic E-state index is 11.9. The number of hydrogen-bond acceptors (Lipinski definition) is 4. The molecule has 0 fully saturated rings. The van der Waals surface area contributed by atoms with Crippen LogP contribution >= 0.6 is 0 Å². The van der Waals surface area contributed by atoms with E-state index in [0.29, 0.717) is 6.42 Å². The zero-order valence-electron chi connectivity index (χ0n) is 12.5. The van der Waals surface area contributed by atoms with Gasteiger partial charge in [-0.25, -0.2) is 17.5 Å². The van der Waals surface area contributed by atoms with Gasteiger partial charge in [0.05, 0.1) is 0 Å². The van der Waals surface area contributed by atoms with Crippen LogP contribution < -0.4 is 5.32 Å². The molecule has 0 aliphatic carbocycles. The first kappa shape index (κ1) is 18.9. The standard InChI is InChI=1S/C12H24N2O5S/c1-5-8-12(4,11(16)17)13-10(15)9-20(18,19)14(6-2)7-3/h5-9H2,1-4H3,(H,13,15)(H,16,17). The highest BCUT2D eigenvalue weighted by atomic mass is 32.2. The Morgan fingerprint density at radius 3 is 2.05 bits per heavy atom. The number of rotatable bonds is 9. The predicted octanol–water partition coefficient (Wildman–Crippen LogP) is 0.418. The molecule has 0 aliphatic rings. The molecule has 1 unspecified atom stereocenters. The Hall–Kier alpha value is -1.15. The lowest BCUT2D eigenvalue weighted by molar-refractivity contribution is -0.146. The van der Waals surface area contributed by atoms with Crippen LogP contribution in [0.25, 0.3) is 0 Å². The Bertz CT molecular complexity index is 445. The molecule has 1 atom stereocenters. The minimum absolute atomic E-state index is 0.236. The van der Waals surface area contributed by atoms with Gasteiger partial charge in [-0.2, -0.15) is 0 Å². The van der Waals surface area contributed by atoms with Crippen molar-refractivity contribution in [3.05, 3.63) is 0 Å². The zero-order valence-corrected chi connectivity index (χ0v) is 13.3. The van der Waals surface area contributed by atoms with Crippen molar-refractivity contribution in [2.24, 2.45) is 0 Å². The lowest BCUT2D eigenvalue weighted by Gasteiger charge is -2.26. The van der Waals surface area contributed by atoms with Crippen LogP contribution in [0.15, 0.2) is 0 Å². The third kappa shape index (κ3) is 5.09. The molecule has 1 amide bonds. The molecule has 0 radical (unpaired) electrons. The Labute approximate surface area is 120 Å². The summed E-state index contributed by atoms with van der Waals surface area (Å²) in [5.74, 6) is -2.70. The van der Waals surface area contributed by atoms with Crippen molar-refractivity contribution in [2.75, 3.05) is 18.8 Å². The lowest BCUT2D eigenvalue weighted by atomic mass is 9.96. The molecule has 0 saturated heterocycles. The van der Waals surface area contributed by atoms with Gasteiger partial charge >= 0.3 is 5.97 Å². The average molecular weight is 308 g/mol. The molecule has 0 spiro atoms. The summed E-state index contributed by atoms with van der Waals surface area (Å²) in [6, 6.07) is 0. The van der Waals surface area contributed by atoms with Gasteiger partial charge < -0.3 is 10.4 Å². The number of nitrogens with zero attached hydrogens (tertiary/aromatic N) is 1. The minimum atomic E-state index is -3.71. The number of carboxylic acid groups (broad SMARTS) is 1. The molecule has 0 aromatic heterocycles. The van der Waals surface area contributed by atoms with Gasteiger partial charge in [-0.3, -0.25) is 4.79 Å². The van der Waals surface area contributed by atoms with Crippen molar-refractivity contribution in [2.45, 2.75) is 46.1 Å². The van der Waals surface area contributed by atoms with Crippen LogP contribution in [0.1, 0.15) is 40.5 Å². The van der Waals surface area contributed by atoms with Crippen LogP contribution in [0.4, 0.5) is 0 Å². The van der Waals surface area contributed by atoms with Gasteiger partial charge in [0.1, 0.15) is 11.3 Å². The molecular weight excluding hydrogens is 284 g/mol. The van der Waals surface area contributed by atoms with Gasteiger partial charge in [0.15, 0.2) is 0 Å². The summed E-state index contributed by atoms with van der Waals surface area (Å²) in [4.78, 5) is 23.0. The van der Waals surface area contributed by atoms with Crippen molar-refractivity contribution in [3.8, 4) is 0 Å². The summed E-state index contributed by atoms with van der Waals surface area (Å²) < 4.78 is 25.0. The summed E-state index contributed by atoms with van der Waals surface area (Å²) in [5.41, 5.74) is -1.44. The molecule has 0 aliphatic heterocycles. The Morgan fingerprint density at radius 1 is 1.20 bits per heavy atom. The molecule has 0 bridgehead atoms. The number of amides is 1. The molecule has 0 aromatic carbocycles. The minimum Gasteiger partial charge on any atom is -0.480 e. The summed E-state index contributed by atoms with van der Waals surface area (Å²) in [7, 11) is -3.71. The fourth-order valence-corrected chi connectivity index (χ4v) is 3.31. The van der Waals surface area contributed by atoms with Gasteiger partial charge in [-0.15, -0.1) is 0 Å². The normalized spacial score (nSPS) is 14.8. The summed E-state index contributed by atoms with van der Waals surface area (Å²) in [6.45, 7) is 7.07. The largest absolute Gasteiger partial charge is 0.480 e. The zero-order chi connectivity index (χ0) is 16.0. The van der Waals surface area contributed by atoms with Crippen LogP contribution in [0.2, 0.25) is 0 Å². The van der Waals surface area contributed by atoms with Gasteiger partial charge in [0.2, 0.25) is 15.9 Å². The summed E-state index contributed by atoms with van der Waals surface area (Å²) in [6.07, 6.45) is 0.797. The number of carboxylic acids is 1. The third-order valence-corrected chi connectivity index (χ3v) is 4.98. The number of aliphatic carboxylic acids is 1. The molecule has 118 valence electrons. The molecule has 0 rings (SSSR count). The van der Waals surface area contributed by atoms with E-state index in [1.165, 1.54) is 11.2 Å². The Morgan fingerprint density at radius 2 is 1.70 bits per heavy atom. The third-order valence-electron chi connectivity index (χ3n) is 3.05. The Kier molecular flexibility index (Phi) is 7.15. The summed E-state index contributed by atoms with van der Waals surface area (Å²) >= 11 is 0. The number of hydrogen-bond donors (Lipinski definition) is 2. The number of nitrogens with one attached hydrogen (secondary N) is 1. The van der Waals surface area contributed by atoms with Crippen molar-refractivity contribution in [3.63, 3.8) is 0 Å². The fourth-order valence-electron chi connectivity index (χ4n) is 1.94. The van der Waals surface area contributed by atoms with Crippen LogP contribution in [0.3, 0.4) is 0 Å². The van der Waals surface area contributed by atoms with E-state index in [0.717, 1.165) is 0 Å². The second-order valence-electron chi connectivity index (χ2n) is 4.78. The van der Waals surface area contributed by atoms with Crippen LogP contribution in [0.5, 0.6) is 0 Å². The molecule has 0 aromatic rings. The van der Waals surface area contributed by atoms with Crippen molar-refractivity contribution < 1.29 is 23.1 Å². The topological polar surface area (TPSA) is 104 Å². The van der Waals surface area contributed by atoms with Gasteiger partial charge in [-0.1, -0.05) is 27.2 Å². The first-order valence-corrected chi connectivity index (χ1v) is 8.26. The van der Waals surface area contributed by atoms with E-state index in [1.807, 2.05) is 0 Å². The molecule has 7 nitrogen and oxygen atoms in total. The van der Waals surface area contributed by atoms with Crippen LogP contribution in [-0.4, -0.2) is 54.1 Å². The second-order valence-corrected chi connectivity index (χ2v) is 6.74. The summed E-state index contributed by atoms with van der Waals surface area (Å²) in [5, 5.41) is 11.4. The quantitative estimate of drug-likeness (QED) is 0.642. The molecule has 0 heterocycles. The van der Waals surface area contributed by atoms with E-state index in [9.17, 15) is 18.0 Å². The van der Waals surface area contributed by atoms with Gasteiger partial charge in [0, 0.05) is 13.1 Å². The maximum atomic E-state index is 11.9. The molecule has 0 saturated carbocycles. The van der Waals surface area contributed by atoms with E-state index < -0.39 is 33.2 Å². The predicted molar refractivity (Wildman–Crippen MR) is 75.8 cm³/mol. The van der Waals surface area contributed by atoms with Crippen molar-refractivity contribution in [1.82, 2.24) is 9.62 Å². The molecule has 20 heavy (non-hydrogen) atoms. The smallest absolute Gasteiger partial charge is 0.329 e. The van der Waals surface area contributed by atoms with Gasteiger partial charge in [-0.05, 0) is 13.3 Å². The van der Waals surface area contributed by atoms with E-state index in [-0.39, 0.29) is 19.5 Å². The maximum Gasteiger partial charge on any atom is 0.329 e. The molecule has 8 heteroatoms. The fraction of sp³-hybridized carbons (Fsp3) is 0.833. The highest BCUT2D eigenvalue weighted by molar-refractivity contribution is 7.89. The highest BCUT2D eigenvalue weighted by Gasteiger charge is 2.35. The van der Waals surface area contributed by atoms with Crippen LogP contribution in [-0.2, 0) is 19.6 Å². The van der Waals surface area contributed by atoms with E-state index in [1.54, 1.807) is 20.8 Å². The number of sulfonamides is 1.